The molecular weight excluding hydrogens is 352 g/mol. The Hall–Kier alpha value is -2.12. The van der Waals surface area contributed by atoms with E-state index in [9.17, 15) is 4.79 Å². The summed E-state index contributed by atoms with van der Waals surface area (Å²) in [7, 11) is 3.22. The second kappa shape index (κ2) is 8.05. The molecule has 1 aromatic carbocycles. The van der Waals surface area contributed by atoms with Gasteiger partial charge in [0, 0.05) is 17.5 Å². The molecule has 2 heterocycles. The van der Waals surface area contributed by atoms with E-state index in [0.29, 0.717) is 31.1 Å². The van der Waals surface area contributed by atoms with Gasteiger partial charge in [-0.1, -0.05) is 0 Å². The highest BCUT2D eigenvalue weighted by molar-refractivity contribution is 7.13. The third-order valence-corrected chi connectivity index (χ3v) is 5.38. The number of thiazole rings is 1. The van der Waals surface area contributed by atoms with Crippen LogP contribution in [-0.2, 0) is 16.0 Å². The van der Waals surface area contributed by atoms with E-state index in [2.05, 4.69) is 4.98 Å². The molecule has 6 nitrogen and oxygen atoms in total. The molecule has 1 saturated heterocycles. The molecule has 0 N–H and O–H groups in total. The predicted octanol–water partition coefficient (Wildman–Crippen LogP) is 3.01. The number of amides is 1. The van der Waals surface area contributed by atoms with Crippen molar-refractivity contribution in [1.29, 1.82) is 0 Å². The van der Waals surface area contributed by atoms with Gasteiger partial charge in [0.2, 0.25) is 5.91 Å². The van der Waals surface area contributed by atoms with Gasteiger partial charge in [0.15, 0.2) is 11.5 Å². The number of carbonyl (C=O) groups is 1. The van der Waals surface area contributed by atoms with Crippen LogP contribution in [0.3, 0.4) is 0 Å². The summed E-state index contributed by atoms with van der Waals surface area (Å²) in [5, 5.41) is 2.80. The first kappa shape index (κ1) is 18.7. The number of rotatable bonds is 5. The number of hydrogen-bond donors (Lipinski definition) is 0. The summed E-state index contributed by atoms with van der Waals surface area (Å²) in [6.07, 6.45) is 0.383. The number of hydrogen-bond acceptors (Lipinski definition) is 6. The van der Waals surface area contributed by atoms with Gasteiger partial charge in [0.25, 0.3) is 0 Å². The second-order valence-corrected chi connectivity index (χ2v) is 7.29. The smallest absolute Gasteiger partial charge is 0.229 e. The summed E-state index contributed by atoms with van der Waals surface area (Å²) in [6, 6.07) is 5.80. The molecule has 0 bridgehead atoms. The number of benzene rings is 1. The van der Waals surface area contributed by atoms with Gasteiger partial charge in [-0.15, -0.1) is 11.3 Å². The first-order valence-corrected chi connectivity index (χ1v) is 9.47. The Kier molecular flexibility index (Phi) is 5.78. The van der Waals surface area contributed by atoms with Gasteiger partial charge >= 0.3 is 0 Å². The lowest BCUT2D eigenvalue weighted by atomic mass is 10.1. The van der Waals surface area contributed by atoms with E-state index < -0.39 is 0 Å². The second-order valence-electron chi connectivity index (χ2n) is 6.43. The van der Waals surface area contributed by atoms with Crippen LogP contribution in [0.15, 0.2) is 23.6 Å². The largest absolute Gasteiger partial charge is 0.493 e. The van der Waals surface area contributed by atoms with Crippen molar-refractivity contribution < 1.29 is 19.0 Å². The molecule has 1 amide bonds. The normalized spacial score (nSPS) is 20.1. The van der Waals surface area contributed by atoms with Crippen LogP contribution in [-0.4, -0.2) is 55.3 Å². The summed E-state index contributed by atoms with van der Waals surface area (Å²) in [4.78, 5) is 19.2. The van der Waals surface area contributed by atoms with Gasteiger partial charge in [0.1, 0.15) is 5.01 Å². The molecule has 2 atom stereocenters. The SMILES string of the molecule is COc1ccc(-c2nc(CC(=O)N3CC(C)OCC3C)cs2)cc1OC. The van der Waals surface area contributed by atoms with Gasteiger partial charge < -0.3 is 19.1 Å². The Morgan fingerprint density at radius 1 is 1.31 bits per heavy atom. The maximum absolute atomic E-state index is 12.7. The van der Waals surface area contributed by atoms with Gasteiger partial charge in [-0.05, 0) is 32.0 Å². The summed E-state index contributed by atoms with van der Waals surface area (Å²) < 4.78 is 16.2. The lowest BCUT2D eigenvalue weighted by Gasteiger charge is -2.36. The van der Waals surface area contributed by atoms with Crippen LogP contribution < -0.4 is 9.47 Å². The molecule has 3 rings (SSSR count). The zero-order valence-electron chi connectivity index (χ0n) is 15.5. The van der Waals surface area contributed by atoms with Gasteiger partial charge in [-0.3, -0.25) is 4.79 Å². The lowest BCUT2D eigenvalue weighted by Crippen LogP contribution is -2.50. The Labute approximate surface area is 157 Å². The first-order chi connectivity index (χ1) is 12.5. The fraction of sp³-hybridized carbons (Fsp3) is 0.474. The highest BCUT2D eigenvalue weighted by Crippen LogP contribution is 2.33. The van der Waals surface area contributed by atoms with E-state index in [1.165, 1.54) is 11.3 Å². The number of aromatic nitrogens is 1. The molecular formula is C19H24N2O4S. The standard InChI is InChI=1S/C19H24N2O4S/c1-12-10-25-13(2)9-21(12)18(22)8-15-11-26-19(20-15)14-5-6-16(23-3)17(7-14)24-4/h5-7,11-13H,8-10H2,1-4H3. The summed E-state index contributed by atoms with van der Waals surface area (Å²) in [6.45, 7) is 5.22. The number of methoxy groups -OCH3 is 2. The van der Waals surface area contributed by atoms with Crippen molar-refractivity contribution in [3.8, 4) is 22.1 Å². The topological polar surface area (TPSA) is 60.9 Å². The van der Waals surface area contributed by atoms with Crippen molar-refractivity contribution in [2.24, 2.45) is 0 Å². The van der Waals surface area contributed by atoms with Crippen LogP contribution in [0.4, 0.5) is 0 Å². The van der Waals surface area contributed by atoms with Crippen molar-refractivity contribution in [2.45, 2.75) is 32.4 Å². The highest BCUT2D eigenvalue weighted by atomic mass is 32.1. The molecule has 0 spiro atoms. The molecule has 2 aromatic rings. The zero-order valence-corrected chi connectivity index (χ0v) is 16.3. The van der Waals surface area contributed by atoms with E-state index in [0.717, 1.165) is 16.3 Å². The molecule has 0 radical (unpaired) electrons. The molecule has 0 aliphatic carbocycles. The van der Waals surface area contributed by atoms with Crippen molar-refractivity contribution in [1.82, 2.24) is 9.88 Å². The van der Waals surface area contributed by atoms with Crippen molar-refractivity contribution in [3.05, 3.63) is 29.3 Å². The summed E-state index contributed by atoms with van der Waals surface area (Å²) in [5.41, 5.74) is 1.73. The highest BCUT2D eigenvalue weighted by Gasteiger charge is 2.27. The van der Waals surface area contributed by atoms with Crippen molar-refractivity contribution in [3.63, 3.8) is 0 Å². The maximum atomic E-state index is 12.7. The fourth-order valence-corrected chi connectivity index (χ4v) is 3.81. The van der Waals surface area contributed by atoms with E-state index in [1.807, 2.05) is 42.3 Å². The number of nitrogens with zero attached hydrogens (tertiary/aromatic N) is 2. The average Bonchev–Trinajstić information content (AvgIpc) is 3.11. The van der Waals surface area contributed by atoms with E-state index >= 15 is 0 Å². The van der Waals surface area contributed by atoms with Crippen LogP contribution in [0, 0.1) is 0 Å². The molecule has 1 aromatic heterocycles. The number of morpholine rings is 1. The molecule has 0 saturated carbocycles. The van der Waals surface area contributed by atoms with Crippen LogP contribution in [0.1, 0.15) is 19.5 Å². The summed E-state index contributed by atoms with van der Waals surface area (Å²) in [5.74, 6) is 1.43. The monoisotopic (exact) mass is 376 g/mol. The third-order valence-electron chi connectivity index (χ3n) is 4.44. The van der Waals surface area contributed by atoms with Gasteiger partial charge in [0.05, 0.1) is 45.1 Å². The molecule has 7 heteroatoms. The van der Waals surface area contributed by atoms with Crippen molar-refractivity contribution >= 4 is 17.2 Å². The third kappa shape index (κ3) is 3.99. The Balaban J connectivity index is 1.73. The minimum atomic E-state index is 0.0768. The van der Waals surface area contributed by atoms with Crippen molar-refractivity contribution in [2.75, 3.05) is 27.4 Å². The maximum Gasteiger partial charge on any atom is 0.229 e. The van der Waals surface area contributed by atoms with Crippen LogP contribution >= 0.6 is 11.3 Å². The average molecular weight is 376 g/mol. The molecule has 1 aliphatic rings. The lowest BCUT2D eigenvalue weighted by molar-refractivity contribution is -0.142. The first-order valence-electron chi connectivity index (χ1n) is 8.59. The zero-order chi connectivity index (χ0) is 18.7. The molecule has 1 fully saturated rings. The Morgan fingerprint density at radius 3 is 2.81 bits per heavy atom. The van der Waals surface area contributed by atoms with Crippen LogP contribution in [0.2, 0.25) is 0 Å². The molecule has 1 aliphatic heterocycles. The summed E-state index contributed by atoms with van der Waals surface area (Å²) >= 11 is 1.52. The van der Waals surface area contributed by atoms with Crippen LogP contribution in [0.5, 0.6) is 11.5 Å². The molecule has 26 heavy (non-hydrogen) atoms. The van der Waals surface area contributed by atoms with E-state index in [-0.39, 0.29) is 18.1 Å². The molecule has 140 valence electrons. The van der Waals surface area contributed by atoms with Gasteiger partial charge in [-0.2, -0.15) is 0 Å². The molecule has 2 unspecified atom stereocenters. The van der Waals surface area contributed by atoms with E-state index in [1.54, 1.807) is 14.2 Å². The Bertz CT molecular complexity index is 777. The quantitative estimate of drug-likeness (QED) is 0.803. The number of ether oxygens (including phenoxy) is 3. The minimum Gasteiger partial charge on any atom is -0.493 e. The fourth-order valence-electron chi connectivity index (χ4n) is 3.00. The minimum absolute atomic E-state index is 0.0768. The van der Waals surface area contributed by atoms with Crippen LogP contribution in [0.25, 0.3) is 10.6 Å². The number of carbonyl (C=O) groups excluding carboxylic acids is 1. The Morgan fingerprint density at radius 2 is 2.08 bits per heavy atom. The van der Waals surface area contributed by atoms with Gasteiger partial charge in [-0.25, -0.2) is 4.98 Å². The predicted molar refractivity (Wildman–Crippen MR) is 101 cm³/mol. The van der Waals surface area contributed by atoms with E-state index in [4.69, 9.17) is 14.2 Å².